The highest BCUT2D eigenvalue weighted by Crippen LogP contribution is 2.27. The SMILES string of the molecule is O=C(Cc1cc(Br)cs1)c1ccc2c(c1)CCO2. The number of thiophene rings is 1. The van der Waals surface area contributed by atoms with E-state index in [2.05, 4.69) is 15.9 Å². The quantitative estimate of drug-likeness (QED) is 0.802. The first-order valence-electron chi connectivity index (χ1n) is 5.74. The van der Waals surface area contributed by atoms with Crippen molar-refractivity contribution in [1.29, 1.82) is 0 Å². The van der Waals surface area contributed by atoms with Gasteiger partial charge in [0.15, 0.2) is 5.78 Å². The average Bonchev–Trinajstić information content (AvgIpc) is 2.96. The maximum Gasteiger partial charge on any atom is 0.168 e. The highest BCUT2D eigenvalue weighted by atomic mass is 79.9. The van der Waals surface area contributed by atoms with Gasteiger partial charge in [0, 0.05) is 33.1 Å². The Kier molecular flexibility index (Phi) is 3.22. The minimum Gasteiger partial charge on any atom is -0.493 e. The van der Waals surface area contributed by atoms with Gasteiger partial charge in [0.05, 0.1) is 6.61 Å². The molecular formula is C14H11BrO2S. The van der Waals surface area contributed by atoms with E-state index in [0.29, 0.717) is 6.42 Å². The summed E-state index contributed by atoms with van der Waals surface area (Å²) >= 11 is 5.01. The zero-order valence-electron chi connectivity index (χ0n) is 9.61. The summed E-state index contributed by atoms with van der Waals surface area (Å²) in [5.74, 6) is 1.09. The molecule has 0 unspecified atom stereocenters. The van der Waals surface area contributed by atoms with Gasteiger partial charge in [-0.15, -0.1) is 11.3 Å². The van der Waals surface area contributed by atoms with E-state index in [1.54, 1.807) is 11.3 Å². The first kappa shape index (κ1) is 11.9. The summed E-state index contributed by atoms with van der Waals surface area (Å²) in [6.45, 7) is 0.727. The molecule has 2 heterocycles. The standard InChI is InChI=1S/C14H11BrO2S/c15-11-6-12(18-8-11)7-13(16)9-1-2-14-10(5-9)3-4-17-14/h1-2,5-6,8H,3-4,7H2. The van der Waals surface area contributed by atoms with Gasteiger partial charge in [-0.2, -0.15) is 0 Å². The monoisotopic (exact) mass is 322 g/mol. The molecule has 4 heteroatoms. The molecule has 2 nitrogen and oxygen atoms in total. The largest absolute Gasteiger partial charge is 0.493 e. The molecule has 0 spiro atoms. The van der Waals surface area contributed by atoms with Crippen molar-refractivity contribution < 1.29 is 9.53 Å². The van der Waals surface area contributed by atoms with Crippen molar-refractivity contribution in [2.45, 2.75) is 12.8 Å². The van der Waals surface area contributed by atoms with Gasteiger partial charge < -0.3 is 4.74 Å². The fourth-order valence-corrected chi connectivity index (χ4v) is 3.52. The van der Waals surface area contributed by atoms with Crippen LogP contribution in [0.2, 0.25) is 0 Å². The second-order valence-corrected chi connectivity index (χ2v) is 6.16. The number of fused-ring (bicyclic) bond motifs is 1. The molecule has 0 radical (unpaired) electrons. The van der Waals surface area contributed by atoms with E-state index >= 15 is 0 Å². The molecular weight excluding hydrogens is 312 g/mol. The van der Waals surface area contributed by atoms with Crippen LogP contribution in [0.1, 0.15) is 20.8 Å². The molecule has 0 amide bonds. The molecule has 0 bridgehead atoms. The van der Waals surface area contributed by atoms with Crippen LogP contribution in [-0.4, -0.2) is 12.4 Å². The van der Waals surface area contributed by atoms with Gasteiger partial charge in [0.2, 0.25) is 0 Å². The number of halogens is 1. The summed E-state index contributed by atoms with van der Waals surface area (Å²) in [5.41, 5.74) is 1.93. The maximum atomic E-state index is 12.2. The topological polar surface area (TPSA) is 26.3 Å². The van der Waals surface area contributed by atoms with E-state index in [0.717, 1.165) is 39.3 Å². The number of carbonyl (C=O) groups is 1. The number of hydrogen-bond acceptors (Lipinski definition) is 3. The van der Waals surface area contributed by atoms with Crippen LogP contribution in [0.5, 0.6) is 5.75 Å². The fourth-order valence-electron chi connectivity index (χ4n) is 2.07. The van der Waals surface area contributed by atoms with Crippen molar-refractivity contribution in [1.82, 2.24) is 0 Å². The third-order valence-electron chi connectivity index (χ3n) is 2.97. The number of Topliss-reactive ketones (excluding diaryl/α,β-unsaturated/α-hetero) is 1. The second kappa shape index (κ2) is 4.86. The zero-order valence-corrected chi connectivity index (χ0v) is 12.0. The maximum absolute atomic E-state index is 12.2. The Balaban J connectivity index is 1.80. The second-order valence-electron chi connectivity index (χ2n) is 4.25. The smallest absolute Gasteiger partial charge is 0.168 e. The number of rotatable bonds is 3. The third kappa shape index (κ3) is 2.35. The van der Waals surface area contributed by atoms with E-state index in [-0.39, 0.29) is 5.78 Å². The Bertz CT molecular complexity index is 604. The molecule has 0 atom stereocenters. The Labute approximate surface area is 118 Å². The highest BCUT2D eigenvalue weighted by Gasteiger charge is 2.15. The Morgan fingerprint density at radius 3 is 3.06 bits per heavy atom. The van der Waals surface area contributed by atoms with E-state index in [4.69, 9.17) is 4.74 Å². The predicted octanol–water partition coefficient (Wildman–Crippen LogP) is 3.87. The van der Waals surface area contributed by atoms with Gasteiger partial charge >= 0.3 is 0 Å². The predicted molar refractivity (Wildman–Crippen MR) is 75.7 cm³/mol. The number of benzene rings is 1. The first-order valence-corrected chi connectivity index (χ1v) is 7.41. The Hall–Kier alpha value is -1.13. The van der Waals surface area contributed by atoms with Crippen molar-refractivity contribution >= 4 is 33.0 Å². The van der Waals surface area contributed by atoms with Crippen LogP contribution in [0.3, 0.4) is 0 Å². The Morgan fingerprint density at radius 2 is 2.28 bits per heavy atom. The van der Waals surface area contributed by atoms with Crippen molar-refractivity contribution in [3.63, 3.8) is 0 Å². The number of ketones is 1. The van der Waals surface area contributed by atoms with Gasteiger partial charge in [0.1, 0.15) is 5.75 Å². The minimum absolute atomic E-state index is 0.166. The molecule has 1 aliphatic rings. The van der Waals surface area contributed by atoms with Gasteiger partial charge in [0.25, 0.3) is 0 Å². The molecule has 1 aliphatic heterocycles. The van der Waals surface area contributed by atoms with Crippen molar-refractivity contribution in [2.24, 2.45) is 0 Å². The lowest BCUT2D eigenvalue weighted by Crippen LogP contribution is -2.02. The zero-order chi connectivity index (χ0) is 12.5. The number of ether oxygens (including phenoxy) is 1. The molecule has 0 N–H and O–H groups in total. The summed E-state index contributed by atoms with van der Waals surface area (Å²) in [4.78, 5) is 13.3. The molecule has 1 aromatic carbocycles. The summed E-state index contributed by atoms with van der Waals surface area (Å²) in [7, 11) is 0. The lowest BCUT2D eigenvalue weighted by molar-refractivity contribution is 0.0994. The van der Waals surface area contributed by atoms with Crippen LogP contribution in [-0.2, 0) is 12.8 Å². The summed E-state index contributed by atoms with van der Waals surface area (Å²) in [6, 6.07) is 7.72. The minimum atomic E-state index is 0.166. The van der Waals surface area contributed by atoms with Crippen LogP contribution < -0.4 is 4.74 Å². The van der Waals surface area contributed by atoms with E-state index in [1.807, 2.05) is 29.6 Å². The summed E-state index contributed by atoms with van der Waals surface area (Å²) < 4.78 is 6.48. The summed E-state index contributed by atoms with van der Waals surface area (Å²) in [6.07, 6.45) is 1.37. The number of hydrogen-bond donors (Lipinski definition) is 0. The Morgan fingerprint density at radius 1 is 1.39 bits per heavy atom. The van der Waals surface area contributed by atoms with Crippen molar-refractivity contribution in [3.8, 4) is 5.75 Å². The third-order valence-corrected chi connectivity index (χ3v) is 4.67. The molecule has 0 aliphatic carbocycles. The van der Waals surface area contributed by atoms with Crippen LogP contribution in [0.4, 0.5) is 0 Å². The fraction of sp³-hybridized carbons (Fsp3) is 0.214. The van der Waals surface area contributed by atoms with E-state index < -0.39 is 0 Å². The van der Waals surface area contributed by atoms with Crippen LogP contribution >= 0.6 is 27.3 Å². The van der Waals surface area contributed by atoms with Gasteiger partial charge in [-0.3, -0.25) is 4.79 Å². The lowest BCUT2D eigenvalue weighted by atomic mass is 10.0. The molecule has 3 rings (SSSR count). The molecule has 0 saturated carbocycles. The average molecular weight is 323 g/mol. The summed E-state index contributed by atoms with van der Waals surface area (Å²) in [5, 5.41) is 2.00. The number of carbonyl (C=O) groups excluding carboxylic acids is 1. The molecule has 0 fully saturated rings. The molecule has 2 aromatic rings. The van der Waals surface area contributed by atoms with Crippen LogP contribution in [0.25, 0.3) is 0 Å². The van der Waals surface area contributed by atoms with Crippen LogP contribution in [0, 0.1) is 0 Å². The van der Waals surface area contributed by atoms with E-state index in [9.17, 15) is 4.79 Å². The van der Waals surface area contributed by atoms with Crippen molar-refractivity contribution in [2.75, 3.05) is 6.61 Å². The van der Waals surface area contributed by atoms with Gasteiger partial charge in [-0.1, -0.05) is 0 Å². The van der Waals surface area contributed by atoms with Crippen molar-refractivity contribution in [3.05, 3.63) is 50.1 Å². The van der Waals surface area contributed by atoms with E-state index in [1.165, 1.54) is 0 Å². The van der Waals surface area contributed by atoms with Gasteiger partial charge in [-0.05, 0) is 45.8 Å². The lowest BCUT2D eigenvalue weighted by Gasteiger charge is -2.02. The molecule has 18 heavy (non-hydrogen) atoms. The molecule has 92 valence electrons. The molecule has 1 aromatic heterocycles. The first-order chi connectivity index (χ1) is 8.72. The highest BCUT2D eigenvalue weighted by molar-refractivity contribution is 9.10. The van der Waals surface area contributed by atoms with Gasteiger partial charge in [-0.25, -0.2) is 0 Å². The normalized spacial score (nSPS) is 13.2. The molecule has 0 saturated heterocycles. The van der Waals surface area contributed by atoms with Crippen LogP contribution in [0.15, 0.2) is 34.1 Å².